The fourth-order valence-corrected chi connectivity index (χ4v) is 2.38. The van der Waals surface area contributed by atoms with E-state index in [1.54, 1.807) is 24.3 Å². The Bertz CT molecular complexity index is 588. The van der Waals surface area contributed by atoms with Crippen molar-refractivity contribution in [2.24, 2.45) is 0 Å². The van der Waals surface area contributed by atoms with Crippen LogP contribution in [0.5, 0.6) is 0 Å². The molecule has 0 atom stereocenters. The van der Waals surface area contributed by atoms with E-state index in [9.17, 15) is 8.42 Å². The molecular formula is C11H11O3RbS. The number of benzene rings is 2. The van der Waals surface area contributed by atoms with Crippen molar-refractivity contribution in [2.75, 3.05) is 7.11 Å². The van der Waals surface area contributed by atoms with Crippen molar-refractivity contribution >= 4 is 79.1 Å². The van der Waals surface area contributed by atoms with Crippen LogP contribution in [-0.4, -0.2) is 73.7 Å². The van der Waals surface area contributed by atoms with E-state index in [0.717, 1.165) is 12.5 Å². The van der Waals surface area contributed by atoms with Crippen molar-refractivity contribution in [3.8, 4) is 0 Å². The molecule has 0 aliphatic carbocycles. The maximum atomic E-state index is 11.6. The van der Waals surface area contributed by atoms with Gasteiger partial charge in [0.05, 0.1) is 7.11 Å². The summed E-state index contributed by atoms with van der Waals surface area (Å²) in [5.74, 6) is 0. The molecule has 0 spiro atoms. The number of hydrogen-bond donors (Lipinski definition) is 0. The van der Waals surface area contributed by atoms with Crippen LogP contribution in [-0.2, 0) is 14.3 Å². The molecule has 2 rings (SSSR count). The molecule has 0 aliphatic rings. The standard InChI is InChI=1S/C11H10O3S.Rb.H/c1-14-15(12,13)11-8-4-6-9-5-2-3-7-10(9)11;;/h2-8H,1H3;;. The van der Waals surface area contributed by atoms with Crippen molar-refractivity contribution in [3.63, 3.8) is 0 Å². The molecular weight excluding hydrogens is 298 g/mol. The normalized spacial score (nSPS) is 11.1. The zero-order chi connectivity index (χ0) is 10.9. The molecule has 3 nitrogen and oxygen atoms in total. The second-order valence-electron chi connectivity index (χ2n) is 3.10. The van der Waals surface area contributed by atoms with E-state index >= 15 is 0 Å². The van der Waals surface area contributed by atoms with Gasteiger partial charge < -0.3 is 0 Å². The van der Waals surface area contributed by atoms with Crippen molar-refractivity contribution in [3.05, 3.63) is 42.5 Å². The molecule has 2 aromatic carbocycles. The summed E-state index contributed by atoms with van der Waals surface area (Å²) in [4.78, 5) is 0.211. The second kappa shape index (κ2) is 5.84. The molecule has 0 saturated heterocycles. The predicted octanol–water partition coefficient (Wildman–Crippen LogP) is 1.53. The van der Waals surface area contributed by atoms with Gasteiger partial charge in [0.2, 0.25) is 0 Å². The van der Waals surface area contributed by atoms with Gasteiger partial charge in [-0.15, -0.1) is 0 Å². The zero-order valence-corrected chi connectivity index (χ0v) is 8.99. The molecule has 0 radical (unpaired) electrons. The first-order valence-electron chi connectivity index (χ1n) is 4.43. The first-order valence-corrected chi connectivity index (χ1v) is 5.84. The molecule has 0 aliphatic heterocycles. The molecule has 5 heteroatoms. The Morgan fingerprint density at radius 2 is 1.62 bits per heavy atom. The van der Waals surface area contributed by atoms with E-state index in [0.29, 0.717) is 5.39 Å². The van der Waals surface area contributed by atoms with Gasteiger partial charge in [0.15, 0.2) is 0 Å². The van der Waals surface area contributed by atoms with Crippen molar-refractivity contribution < 1.29 is 12.6 Å². The van der Waals surface area contributed by atoms with Gasteiger partial charge in [-0.05, 0) is 11.5 Å². The van der Waals surface area contributed by atoms with E-state index in [1.165, 1.54) is 0 Å². The van der Waals surface area contributed by atoms with E-state index in [4.69, 9.17) is 0 Å². The summed E-state index contributed by atoms with van der Waals surface area (Å²) >= 11 is 0. The van der Waals surface area contributed by atoms with Gasteiger partial charge in [-0.25, -0.2) is 0 Å². The fourth-order valence-electron chi connectivity index (χ4n) is 1.50. The van der Waals surface area contributed by atoms with Crippen molar-refractivity contribution in [1.82, 2.24) is 0 Å². The Morgan fingerprint density at radius 3 is 2.31 bits per heavy atom. The van der Waals surface area contributed by atoms with Crippen LogP contribution in [0.4, 0.5) is 0 Å². The summed E-state index contributed by atoms with van der Waals surface area (Å²) in [5, 5.41) is 1.57. The number of rotatable bonds is 2. The van der Waals surface area contributed by atoms with Crippen LogP contribution in [0.2, 0.25) is 0 Å². The molecule has 0 saturated carbocycles. The van der Waals surface area contributed by atoms with Crippen LogP contribution in [0.1, 0.15) is 0 Å². The molecule has 0 N–H and O–H groups in total. The fraction of sp³-hybridized carbons (Fsp3) is 0.0909. The molecule has 0 heterocycles. The van der Waals surface area contributed by atoms with Gasteiger partial charge in [0.1, 0.15) is 4.90 Å². The third-order valence-electron chi connectivity index (χ3n) is 2.24. The van der Waals surface area contributed by atoms with Gasteiger partial charge >= 0.3 is 58.2 Å². The Hall–Kier alpha value is 0.415. The summed E-state index contributed by atoms with van der Waals surface area (Å²) in [7, 11) is -2.46. The molecule has 80 valence electrons. The van der Waals surface area contributed by atoms with Crippen LogP contribution in [0, 0.1) is 0 Å². The monoisotopic (exact) mass is 308 g/mol. The first-order chi connectivity index (χ1) is 7.15. The summed E-state index contributed by atoms with van der Waals surface area (Å²) in [6, 6.07) is 12.4. The quantitative estimate of drug-likeness (QED) is 0.790. The molecule has 0 fully saturated rings. The van der Waals surface area contributed by atoms with Crippen molar-refractivity contribution in [2.45, 2.75) is 4.90 Å². The summed E-state index contributed by atoms with van der Waals surface area (Å²) in [6.45, 7) is 0. The predicted molar refractivity (Wildman–Crippen MR) is 65.3 cm³/mol. The zero-order valence-electron chi connectivity index (χ0n) is 8.17. The maximum absolute atomic E-state index is 11.6. The molecule has 0 amide bonds. The van der Waals surface area contributed by atoms with Gasteiger partial charge in [0.25, 0.3) is 10.1 Å². The molecule has 0 unspecified atom stereocenters. The second-order valence-corrected chi connectivity index (χ2v) is 4.78. The topological polar surface area (TPSA) is 43.4 Å². The van der Waals surface area contributed by atoms with Crippen LogP contribution in [0.25, 0.3) is 10.8 Å². The average molecular weight is 309 g/mol. The van der Waals surface area contributed by atoms with Crippen LogP contribution in [0.15, 0.2) is 47.4 Å². The Morgan fingerprint density at radius 1 is 1.00 bits per heavy atom. The Balaban J connectivity index is 0.00000128. The first kappa shape index (κ1) is 14.5. The minimum atomic E-state index is -3.62. The third kappa shape index (κ3) is 2.80. The summed E-state index contributed by atoms with van der Waals surface area (Å²) in [5.41, 5.74) is 0. The van der Waals surface area contributed by atoms with E-state index in [-0.39, 0.29) is 63.1 Å². The van der Waals surface area contributed by atoms with Gasteiger partial charge in [-0.3, -0.25) is 4.18 Å². The van der Waals surface area contributed by atoms with Crippen LogP contribution < -0.4 is 0 Å². The Kier molecular flexibility index (Phi) is 5.29. The summed E-state index contributed by atoms with van der Waals surface area (Å²) < 4.78 is 27.7. The van der Waals surface area contributed by atoms with E-state index in [1.807, 2.05) is 18.2 Å². The number of hydrogen-bond acceptors (Lipinski definition) is 3. The van der Waals surface area contributed by atoms with E-state index < -0.39 is 10.1 Å². The average Bonchev–Trinajstić information content (AvgIpc) is 2.28. The molecule has 0 bridgehead atoms. The third-order valence-corrected chi connectivity index (χ3v) is 3.57. The molecule has 16 heavy (non-hydrogen) atoms. The van der Waals surface area contributed by atoms with Gasteiger partial charge in [-0.1, -0.05) is 36.4 Å². The molecule has 2 aromatic rings. The summed E-state index contributed by atoms with van der Waals surface area (Å²) in [6.07, 6.45) is 0. The minimum absolute atomic E-state index is 0. The van der Waals surface area contributed by atoms with Crippen LogP contribution >= 0.6 is 0 Å². The SMILES string of the molecule is COS(=O)(=O)c1cccc2ccccc12.[RbH]. The number of fused-ring (bicyclic) bond motifs is 1. The molecule has 0 aromatic heterocycles. The van der Waals surface area contributed by atoms with Gasteiger partial charge in [0, 0.05) is 5.39 Å². The Labute approximate surface area is 144 Å². The van der Waals surface area contributed by atoms with E-state index in [2.05, 4.69) is 4.18 Å². The van der Waals surface area contributed by atoms with Gasteiger partial charge in [-0.2, -0.15) is 8.42 Å². The van der Waals surface area contributed by atoms with Crippen LogP contribution in [0.3, 0.4) is 0 Å². The van der Waals surface area contributed by atoms with Crippen molar-refractivity contribution in [1.29, 1.82) is 0 Å².